The van der Waals surface area contributed by atoms with E-state index in [1.807, 2.05) is 0 Å². The van der Waals surface area contributed by atoms with Crippen LogP contribution in [0.1, 0.15) is 26.2 Å². The van der Waals surface area contributed by atoms with Crippen molar-refractivity contribution in [3.8, 4) is 6.07 Å². The van der Waals surface area contributed by atoms with Crippen molar-refractivity contribution in [2.24, 2.45) is 5.41 Å². The summed E-state index contributed by atoms with van der Waals surface area (Å²) in [7, 11) is 1.73. The van der Waals surface area contributed by atoms with Gasteiger partial charge in [-0.25, -0.2) is 0 Å². The lowest BCUT2D eigenvalue weighted by Gasteiger charge is -2.24. The second kappa shape index (κ2) is 5.33. The largest absolute Gasteiger partial charge is 0.383 e. The first-order valence-electron chi connectivity index (χ1n) is 5.34. The highest BCUT2D eigenvalue weighted by Crippen LogP contribution is 2.48. The molecule has 3 nitrogen and oxygen atoms in total. The highest BCUT2D eigenvalue weighted by Gasteiger charge is 2.43. The molecule has 1 aliphatic rings. The lowest BCUT2D eigenvalue weighted by atomic mass is 10.0. The topological polar surface area (TPSA) is 36.3 Å². The van der Waals surface area contributed by atoms with Gasteiger partial charge in [0.25, 0.3) is 0 Å². The molecule has 1 rings (SSSR count). The first-order chi connectivity index (χ1) is 6.76. The molecule has 1 aliphatic carbocycles. The molecular formula is C11H20N2O. The summed E-state index contributed by atoms with van der Waals surface area (Å²) in [5.74, 6) is 0. The van der Waals surface area contributed by atoms with Crippen molar-refractivity contribution < 1.29 is 4.74 Å². The van der Waals surface area contributed by atoms with Gasteiger partial charge in [0.15, 0.2) is 0 Å². The molecule has 0 radical (unpaired) electrons. The zero-order valence-corrected chi connectivity index (χ0v) is 9.25. The van der Waals surface area contributed by atoms with Gasteiger partial charge in [-0.15, -0.1) is 0 Å². The number of nitrogens with zero attached hydrogens (tertiary/aromatic N) is 2. The van der Waals surface area contributed by atoms with E-state index in [0.29, 0.717) is 5.41 Å². The van der Waals surface area contributed by atoms with Crippen LogP contribution in [0.5, 0.6) is 0 Å². The Balaban J connectivity index is 2.29. The lowest BCUT2D eigenvalue weighted by molar-refractivity contribution is 0.137. The molecule has 1 saturated carbocycles. The second-order valence-corrected chi connectivity index (χ2v) is 4.20. The minimum Gasteiger partial charge on any atom is -0.383 e. The minimum absolute atomic E-state index is 0.332. The van der Waals surface area contributed by atoms with Crippen LogP contribution in [0, 0.1) is 16.7 Å². The smallest absolute Gasteiger partial charge is 0.0628 e. The Morgan fingerprint density at radius 3 is 2.64 bits per heavy atom. The maximum Gasteiger partial charge on any atom is 0.0628 e. The predicted molar refractivity (Wildman–Crippen MR) is 55.9 cm³/mol. The van der Waals surface area contributed by atoms with Crippen molar-refractivity contribution in [1.82, 2.24) is 4.90 Å². The Bertz CT molecular complexity index is 206. The number of nitriles is 1. The first kappa shape index (κ1) is 11.5. The lowest BCUT2D eigenvalue weighted by Crippen LogP contribution is -2.33. The van der Waals surface area contributed by atoms with Crippen molar-refractivity contribution in [3.05, 3.63) is 0 Å². The van der Waals surface area contributed by atoms with Crippen molar-refractivity contribution in [2.75, 3.05) is 33.4 Å². The minimum atomic E-state index is 0.332. The highest BCUT2D eigenvalue weighted by molar-refractivity contribution is 5.01. The number of hydrogen-bond acceptors (Lipinski definition) is 3. The van der Waals surface area contributed by atoms with E-state index in [1.165, 1.54) is 12.8 Å². The van der Waals surface area contributed by atoms with Crippen LogP contribution < -0.4 is 0 Å². The van der Waals surface area contributed by atoms with Crippen LogP contribution in [0.3, 0.4) is 0 Å². The monoisotopic (exact) mass is 196 g/mol. The fourth-order valence-corrected chi connectivity index (χ4v) is 1.78. The van der Waals surface area contributed by atoms with Crippen molar-refractivity contribution in [2.45, 2.75) is 26.2 Å². The number of hydrogen-bond donors (Lipinski definition) is 0. The number of rotatable bonds is 7. The Kier molecular flexibility index (Phi) is 4.37. The molecule has 0 spiro atoms. The standard InChI is InChI=1S/C11H20N2O/c1-3-13(8-9-14-2)10-11(4-5-11)6-7-12/h3-6,8-10H2,1-2H3. The van der Waals surface area contributed by atoms with Crippen LogP contribution >= 0.6 is 0 Å². The van der Waals surface area contributed by atoms with E-state index in [4.69, 9.17) is 10.00 Å². The Labute approximate surface area is 86.6 Å². The molecule has 14 heavy (non-hydrogen) atoms. The summed E-state index contributed by atoms with van der Waals surface area (Å²) in [6, 6.07) is 2.30. The predicted octanol–water partition coefficient (Wildman–Crippen LogP) is 1.65. The molecule has 0 heterocycles. The van der Waals surface area contributed by atoms with Crippen molar-refractivity contribution >= 4 is 0 Å². The van der Waals surface area contributed by atoms with Gasteiger partial charge in [0, 0.05) is 26.6 Å². The van der Waals surface area contributed by atoms with E-state index >= 15 is 0 Å². The molecule has 0 aromatic carbocycles. The van der Waals surface area contributed by atoms with E-state index in [9.17, 15) is 0 Å². The summed E-state index contributed by atoms with van der Waals surface area (Å²) in [6.07, 6.45) is 3.17. The maximum atomic E-state index is 8.71. The van der Waals surface area contributed by atoms with Gasteiger partial charge in [-0.2, -0.15) is 5.26 Å². The van der Waals surface area contributed by atoms with Crippen LogP contribution in [0.25, 0.3) is 0 Å². The Hall–Kier alpha value is -0.590. The molecule has 0 aliphatic heterocycles. The third-order valence-corrected chi connectivity index (χ3v) is 3.03. The van der Waals surface area contributed by atoms with Gasteiger partial charge in [-0.1, -0.05) is 6.92 Å². The van der Waals surface area contributed by atoms with Gasteiger partial charge in [0.1, 0.15) is 0 Å². The molecule has 0 atom stereocenters. The third kappa shape index (κ3) is 3.28. The number of methoxy groups -OCH3 is 1. The number of likely N-dealkylation sites (N-methyl/N-ethyl adjacent to an activating group) is 1. The average Bonchev–Trinajstić information content (AvgIpc) is 2.93. The molecule has 0 aromatic heterocycles. The molecule has 1 fully saturated rings. The SMILES string of the molecule is CCN(CCOC)CC1(CC#N)CC1. The number of ether oxygens (including phenoxy) is 1. The summed E-state index contributed by atoms with van der Waals surface area (Å²) in [4.78, 5) is 2.38. The van der Waals surface area contributed by atoms with E-state index in [2.05, 4.69) is 17.9 Å². The molecular weight excluding hydrogens is 176 g/mol. The zero-order chi connectivity index (χ0) is 10.4. The Morgan fingerprint density at radius 2 is 2.21 bits per heavy atom. The van der Waals surface area contributed by atoms with E-state index in [-0.39, 0.29) is 0 Å². The fourth-order valence-electron chi connectivity index (χ4n) is 1.78. The van der Waals surface area contributed by atoms with Gasteiger partial charge >= 0.3 is 0 Å². The summed E-state index contributed by atoms with van der Waals surface area (Å²) in [5.41, 5.74) is 0.332. The molecule has 0 aromatic rings. The van der Waals surface area contributed by atoms with Gasteiger partial charge in [0.2, 0.25) is 0 Å². The van der Waals surface area contributed by atoms with E-state index in [0.717, 1.165) is 32.7 Å². The Morgan fingerprint density at radius 1 is 1.50 bits per heavy atom. The van der Waals surface area contributed by atoms with Gasteiger partial charge in [-0.3, -0.25) is 0 Å². The van der Waals surface area contributed by atoms with Crippen LogP contribution in [0.15, 0.2) is 0 Å². The molecule has 0 amide bonds. The average molecular weight is 196 g/mol. The molecule has 80 valence electrons. The quantitative estimate of drug-likeness (QED) is 0.621. The molecule has 0 N–H and O–H groups in total. The molecule has 0 bridgehead atoms. The second-order valence-electron chi connectivity index (χ2n) is 4.20. The van der Waals surface area contributed by atoms with Crippen molar-refractivity contribution in [1.29, 1.82) is 5.26 Å². The third-order valence-electron chi connectivity index (χ3n) is 3.03. The summed E-state index contributed by atoms with van der Waals surface area (Å²) < 4.78 is 5.06. The van der Waals surface area contributed by atoms with E-state index in [1.54, 1.807) is 7.11 Å². The van der Waals surface area contributed by atoms with Gasteiger partial charge in [-0.05, 0) is 24.8 Å². The highest BCUT2D eigenvalue weighted by atomic mass is 16.5. The first-order valence-corrected chi connectivity index (χ1v) is 5.34. The van der Waals surface area contributed by atoms with E-state index < -0.39 is 0 Å². The summed E-state index contributed by atoms with van der Waals surface area (Å²) in [5, 5.41) is 8.71. The van der Waals surface area contributed by atoms with Crippen LogP contribution in [-0.2, 0) is 4.74 Å². The van der Waals surface area contributed by atoms with Crippen LogP contribution in [0.4, 0.5) is 0 Å². The van der Waals surface area contributed by atoms with Gasteiger partial charge < -0.3 is 9.64 Å². The van der Waals surface area contributed by atoms with Crippen LogP contribution in [0.2, 0.25) is 0 Å². The molecule has 0 saturated heterocycles. The fraction of sp³-hybridized carbons (Fsp3) is 0.909. The van der Waals surface area contributed by atoms with Crippen LogP contribution in [-0.4, -0.2) is 38.3 Å². The van der Waals surface area contributed by atoms with Gasteiger partial charge in [0.05, 0.1) is 12.7 Å². The van der Waals surface area contributed by atoms with Crippen molar-refractivity contribution in [3.63, 3.8) is 0 Å². The summed E-state index contributed by atoms with van der Waals surface area (Å²) in [6.45, 7) is 6.06. The molecule has 3 heteroatoms. The molecule has 0 unspecified atom stereocenters. The zero-order valence-electron chi connectivity index (χ0n) is 9.25. The normalized spacial score (nSPS) is 18.1. The maximum absolute atomic E-state index is 8.71. The summed E-state index contributed by atoms with van der Waals surface area (Å²) >= 11 is 0.